The fourth-order valence-electron chi connectivity index (χ4n) is 2.98. The van der Waals surface area contributed by atoms with Crippen molar-refractivity contribution >= 4 is 10.9 Å². The van der Waals surface area contributed by atoms with Crippen LogP contribution in [0.4, 0.5) is 0 Å². The van der Waals surface area contributed by atoms with E-state index in [9.17, 15) is 5.26 Å². The SMILES string of the molecule is CNC1CCCCC1Oc1nc2ccccc2cc1C#N. The summed E-state index contributed by atoms with van der Waals surface area (Å²) in [5.74, 6) is 0.461. The molecule has 1 aliphatic carbocycles. The van der Waals surface area contributed by atoms with Crippen LogP contribution in [0.3, 0.4) is 0 Å². The second-order valence-electron chi connectivity index (χ2n) is 5.48. The van der Waals surface area contributed by atoms with Gasteiger partial charge >= 0.3 is 0 Å². The number of benzene rings is 1. The summed E-state index contributed by atoms with van der Waals surface area (Å²) in [5.41, 5.74) is 1.37. The van der Waals surface area contributed by atoms with Gasteiger partial charge in [0.15, 0.2) is 0 Å². The molecule has 21 heavy (non-hydrogen) atoms. The maximum absolute atomic E-state index is 9.34. The fourth-order valence-corrected chi connectivity index (χ4v) is 2.98. The smallest absolute Gasteiger partial charge is 0.232 e. The Morgan fingerprint density at radius 1 is 1.29 bits per heavy atom. The molecule has 0 amide bonds. The summed E-state index contributed by atoms with van der Waals surface area (Å²) >= 11 is 0. The van der Waals surface area contributed by atoms with Crippen molar-refractivity contribution in [3.8, 4) is 11.9 Å². The first-order chi connectivity index (χ1) is 10.3. The lowest BCUT2D eigenvalue weighted by Crippen LogP contribution is -2.43. The Morgan fingerprint density at radius 3 is 2.90 bits per heavy atom. The van der Waals surface area contributed by atoms with E-state index in [1.54, 1.807) is 0 Å². The van der Waals surface area contributed by atoms with E-state index >= 15 is 0 Å². The predicted molar refractivity (Wildman–Crippen MR) is 82.2 cm³/mol. The molecule has 1 aromatic carbocycles. The van der Waals surface area contributed by atoms with Crippen LogP contribution in [0, 0.1) is 11.3 Å². The summed E-state index contributed by atoms with van der Waals surface area (Å²) in [6.45, 7) is 0. The molecule has 1 heterocycles. The van der Waals surface area contributed by atoms with E-state index in [1.165, 1.54) is 6.42 Å². The molecule has 1 aromatic heterocycles. The van der Waals surface area contributed by atoms with E-state index in [2.05, 4.69) is 16.4 Å². The van der Waals surface area contributed by atoms with Gasteiger partial charge in [-0.1, -0.05) is 24.6 Å². The normalized spacial score (nSPS) is 21.9. The first-order valence-electron chi connectivity index (χ1n) is 7.45. The van der Waals surface area contributed by atoms with Crippen molar-refractivity contribution in [3.05, 3.63) is 35.9 Å². The van der Waals surface area contributed by atoms with Crippen molar-refractivity contribution in [3.63, 3.8) is 0 Å². The molecule has 108 valence electrons. The molecule has 1 saturated carbocycles. The highest BCUT2D eigenvalue weighted by atomic mass is 16.5. The van der Waals surface area contributed by atoms with Crippen molar-refractivity contribution in [2.75, 3.05) is 7.05 Å². The van der Waals surface area contributed by atoms with Gasteiger partial charge in [0.25, 0.3) is 0 Å². The molecular formula is C17H19N3O. The van der Waals surface area contributed by atoms with Gasteiger partial charge < -0.3 is 10.1 Å². The third-order valence-electron chi connectivity index (χ3n) is 4.15. The summed E-state index contributed by atoms with van der Waals surface area (Å²) in [6.07, 6.45) is 4.59. The van der Waals surface area contributed by atoms with Gasteiger partial charge in [-0.2, -0.15) is 5.26 Å². The lowest BCUT2D eigenvalue weighted by atomic mass is 9.92. The van der Waals surface area contributed by atoms with E-state index in [1.807, 2.05) is 37.4 Å². The molecule has 0 spiro atoms. The molecular weight excluding hydrogens is 262 g/mol. The van der Waals surface area contributed by atoms with Gasteiger partial charge in [-0.05, 0) is 38.4 Å². The molecule has 0 saturated heterocycles. The number of fused-ring (bicyclic) bond motifs is 1. The number of likely N-dealkylation sites (N-methyl/N-ethyl adjacent to an activating group) is 1. The lowest BCUT2D eigenvalue weighted by molar-refractivity contribution is 0.113. The minimum Gasteiger partial charge on any atom is -0.472 e. The second-order valence-corrected chi connectivity index (χ2v) is 5.48. The highest BCUT2D eigenvalue weighted by Crippen LogP contribution is 2.27. The molecule has 2 aromatic rings. The van der Waals surface area contributed by atoms with Gasteiger partial charge in [0, 0.05) is 11.4 Å². The van der Waals surface area contributed by atoms with Crippen LogP contribution < -0.4 is 10.1 Å². The Hall–Kier alpha value is -2.12. The van der Waals surface area contributed by atoms with Gasteiger partial charge in [-0.15, -0.1) is 0 Å². The Balaban J connectivity index is 1.93. The van der Waals surface area contributed by atoms with E-state index in [0.29, 0.717) is 17.5 Å². The van der Waals surface area contributed by atoms with Gasteiger partial charge in [0.2, 0.25) is 5.88 Å². The quantitative estimate of drug-likeness (QED) is 0.939. The first-order valence-corrected chi connectivity index (χ1v) is 7.45. The van der Waals surface area contributed by atoms with Gasteiger partial charge in [-0.25, -0.2) is 4.98 Å². The number of rotatable bonds is 3. The summed E-state index contributed by atoms with van der Waals surface area (Å²) in [4.78, 5) is 4.54. The molecule has 1 N–H and O–H groups in total. The highest BCUT2D eigenvalue weighted by molar-refractivity contribution is 5.80. The van der Waals surface area contributed by atoms with Crippen LogP contribution in [0.5, 0.6) is 5.88 Å². The Labute approximate surface area is 124 Å². The molecule has 4 nitrogen and oxygen atoms in total. The van der Waals surface area contributed by atoms with E-state index in [4.69, 9.17) is 4.74 Å². The molecule has 2 atom stereocenters. The predicted octanol–water partition coefficient (Wildman–Crippen LogP) is 3.02. The number of nitrogens with one attached hydrogen (secondary N) is 1. The van der Waals surface area contributed by atoms with Crippen LogP contribution in [0.1, 0.15) is 31.2 Å². The maximum Gasteiger partial charge on any atom is 0.232 e. The molecule has 1 fully saturated rings. The Morgan fingerprint density at radius 2 is 2.10 bits per heavy atom. The van der Waals surface area contributed by atoms with E-state index < -0.39 is 0 Å². The minimum absolute atomic E-state index is 0.0875. The van der Waals surface area contributed by atoms with Gasteiger partial charge in [0.05, 0.1) is 5.52 Å². The minimum atomic E-state index is 0.0875. The zero-order valence-corrected chi connectivity index (χ0v) is 12.2. The van der Waals surface area contributed by atoms with Crippen LogP contribution >= 0.6 is 0 Å². The van der Waals surface area contributed by atoms with Crippen molar-refractivity contribution in [1.82, 2.24) is 10.3 Å². The summed E-state index contributed by atoms with van der Waals surface area (Å²) in [7, 11) is 1.96. The largest absolute Gasteiger partial charge is 0.472 e. The average Bonchev–Trinajstić information content (AvgIpc) is 2.54. The number of para-hydroxylation sites is 1. The maximum atomic E-state index is 9.34. The number of nitrogens with zero attached hydrogens (tertiary/aromatic N) is 2. The average molecular weight is 281 g/mol. The number of ether oxygens (including phenoxy) is 1. The molecule has 1 aliphatic rings. The lowest BCUT2D eigenvalue weighted by Gasteiger charge is -2.31. The van der Waals surface area contributed by atoms with Crippen molar-refractivity contribution in [2.45, 2.75) is 37.8 Å². The third-order valence-corrected chi connectivity index (χ3v) is 4.15. The zero-order valence-electron chi connectivity index (χ0n) is 12.2. The number of nitriles is 1. The standard InChI is InChI=1S/C17H19N3O/c1-19-15-8-4-5-9-16(15)21-17-13(11-18)10-12-6-2-3-7-14(12)20-17/h2-3,6-7,10,15-16,19H,4-5,8-9H2,1H3. The van der Waals surface area contributed by atoms with Crippen LogP contribution in [0.2, 0.25) is 0 Å². The monoisotopic (exact) mass is 281 g/mol. The van der Waals surface area contributed by atoms with Gasteiger partial charge in [-0.3, -0.25) is 0 Å². The van der Waals surface area contributed by atoms with Crippen LogP contribution in [-0.4, -0.2) is 24.2 Å². The first kappa shape index (κ1) is 13.8. The van der Waals surface area contributed by atoms with Crippen molar-refractivity contribution in [1.29, 1.82) is 5.26 Å². The molecule has 4 heteroatoms. The molecule has 0 aliphatic heterocycles. The van der Waals surface area contributed by atoms with Crippen LogP contribution in [-0.2, 0) is 0 Å². The molecule has 3 rings (SSSR count). The molecule has 2 unspecified atom stereocenters. The number of pyridine rings is 1. The van der Waals surface area contributed by atoms with Gasteiger partial charge in [0.1, 0.15) is 17.7 Å². The Kier molecular flexibility index (Phi) is 4.03. The van der Waals surface area contributed by atoms with E-state index in [0.717, 1.165) is 30.2 Å². The summed E-state index contributed by atoms with van der Waals surface area (Å²) in [6, 6.07) is 12.2. The topological polar surface area (TPSA) is 57.9 Å². The highest BCUT2D eigenvalue weighted by Gasteiger charge is 2.26. The Bertz CT molecular complexity index is 677. The van der Waals surface area contributed by atoms with Crippen LogP contribution in [0.25, 0.3) is 10.9 Å². The zero-order chi connectivity index (χ0) is 14.7. The second kappa shape index (κ2) is 6.11. The van der Waals surface area contributed by atoms with Crippen LogP contribution in [0.15, 0.2) is 30.3 Å². The fraction of sp³-hybridized carbons (Fsp3) is 0.412. The summed E-state index contributed by atoms with van der Waals surface area (Å²) < 4.78 is 6.09. The van der Waals surface area contributed by atoms with E-state index in [-0.39, 0.29) is 6.10 Å². The summed E-state index contributed by atoms with van der Waals surface area (Å²) in [5, 5.41) is 13.6. The van der Waals surface area contributed by atoms with Crippen molar-refractivity contribution in [2.24, 2.45) is 0 Å². The number of hydrogen-bond donors (Lipinski definition) is 1. The van der Waals surface area contributed by atoms with Crippen molar-refractivity contribution < 1.29 is 4.74 Å². The third kappa shape index (κ3) is 2.84. The number of hydrogen-bond acceptors (Lipinski definition) is 4. The molecule has 0 bridgehead atoms. The molecule has 0 radical (unpaired) electrons. The number of aromatic nitrogens is 1.